The molecule has 112 valence electrons. The quantitative estimate of drug-likeness (QED) is 0.762. The molecule has 0 heterocycles. The maximum absolute atomic E-state index is 11.1. The average Bonchev–Trinajstić information content (AvgIpc) is 2.33. The van der Waals surface area contributed by atoms with E-state index in [1.165, 1.54) is 5.56 Å². The summed E-state index contributed by atoms with van der Waals surface area (Å²) in [5.41, 5.74) is 2.30. The first-order chi connectivity index (χ1) is 9.05. The van der Waals surface area contributed by atoms with Crippen LogP contribution < -0.4 is 0 Å². The fourth-order valence-corrected chi connectivity index (χ4v) is 3.56. The van der Waals surface area contributed by atoms with Crippen molar-refractivity contribution in [1.29, 1.82) is 0 Å². The van der Waals surface area contributed by atoms with Gasteiger partial charge in [0, 0.05) is 0 Å². The second-order valence-corrected chi connectivity index (χ2v) is 8.52. The van der Waals surface area contributed by atoms with E-state index < -0.39 is 5.60 Å². The van der Waals surface area contributed by atoms with E-state index >= 15 is 0 Å². The normalized spacial score (nSPS) is 30.2. The van der Waals surface area contributed by atoms with Crippen molar-refractivity contribution in [3.63, 3.8) is 0 Å². The third kappa shape index (κ3) is 2.93. The minimum absolute atomic E-state index is 0.168. The molecule has 0 spiro atoms. The van der Waals surface area contributed by atoms with Crippen LogP contribution in [0.15, 0.2) is 24.3 Å². The van der Waals surface area contributed by atoms with Crippen molar-refractivity contribution in [1.82, 2.24) is 0 Å². The van der Waals surface area contributed by atoms with Crippen LogP contribution in [-0.4, -0.2) is 5.11 Å². The minimum atomic E-state index is -0.647. The number of rotatable bonds is 1. The van der Waals surface area contributed by atoms with E-state index in [0.717, 1.165) is 24.8 Å². The van der Waals surface area contributed by atoms with E-state index in [0.29, 0.717) is 11.3 Å². The fraction of sp³-hybridized carbons (Fsp3) is 0.684. The molecule has 1 N–H and O–H groups in total. The SMILES string of the molecule is CC1CC(C)(C)CCC1(O)c1ccc(C(C)(C)C)cc1. The Morgan fingerprint density at radius 2 is 1.60 bits per heavy atom. The molecule has 1 fully saturated rings. The Morgan fingerprint density at radius 3 is 2.05 bits per heavy atom. The van der Waals surface area contributed by atoms with Gasteiger partial charge in [-0.05, 0) is 47.1 Å². The second-order valence-electron chi connectivity index (χ2n) is 8.52. The van der Waals surface area contributed by atoms with Gasteiger partial charge in [0.15, 0.2) is 0 Å². The molecule has 0 radical (unpaired) electrons. The molecule has 1 nitrogen and oxygen atoms in total. The van der Waals surface area contributed by atoms with Gasteiger partial charge in [0.1, 0.15) is 0 Å². The summed E-state index contributed by atoms with van der Waals surface area (Å²) in [6.45, 7) is 13.5. The van der Waals surface area contributed by atoms with Gasteiger partial charge < -0.3 is 5.11 Å². The molecule has 0 saturated heterocycles. The van der Waals surface area contributed by atoms with Crippen LogP contribution in [0.1, 0.15) is 71.9 Å². The number of benzene rings is 1. The van der Waals surface area contributed by atoms with Crippen molar-refractivity contribution >= 4 is 0 Å². The number of aliphatic hydroxyl groups is 1. The van der Waals surface area contributed by atoms with Crippen LogP contribution in [-0.2, 0) is 11.0 Å². The maximum atomic E-state index is 11.1. The summed E-state index contributed by atoms with van der Waals surface area (Å²) in [5.74, 6) is 0.312. The Hall–Kier alpha value is -0.820. The summed E-state index contributed by atoms with van der Waals surface area (Å²) in [5, 5.41) is 11.1. The van der Waals surface area contributed by atoms with Crippen molar-refractivity contribution in [2.45, 2.75) is 71.8 Å². The van der Waals surface area contributed by atoms with Gasteiger partial charge in [-0.3, -0.25) is 0 Å². The molecule has 1 aromatic carbocycles. The highest BCUT2D eigenvalue weighted by Crippen LogP contribution is 2.48. The van der Waals surface area contributed by atoms with Gasteiger partial charge in [-0.25, -0.2) is 0 Å². The maximum Gasteiger partial charge on any atom is 0.0922 e. The first kappa shape index (κ1) is 15.6. The standard InChI is InChI=1S/C19H30O/c1-14-13-18(5,6)11-12-19(14,20)16-9-7-15(8-10-16)17(2,3)4/h7-10,14,20H,11-13H2,1-6H3. The monoisotopic (exact) mass is 274 g/mol. The molecule has 20 heavy (non-hydrogen) atoms. The van der Waals surface area contributed by atoms with Crippen LogP contribution in [0.5, 0.6) is 0 Å². The van der Waals surface area contributed by atoms with Crippen molar-refractivity contribution in [3.8, 4) is 0 Å². The van der Waals surface area contributed by atoms with E-state index in [4.69, 9.17) is 0 Å². The summed E-state index contributed by atoms with van der Waals surface area (Å²) in [4.78, 5) is 0. The predicted octanol–water partition coefficient (Wildman–Crippen LogP) is 5.02. The summed E-state index contributed by atoms with van der Waals surface area (Å²) < 4.78 is 0. The first-order valence-corrected chi connectivity index (χ1v) is 7.88. The van der Waals surface area contributed by atoms with E-state index in [1.54, 1.807) is 0 Å². The zero-order chi connectivity index (χ0) is 15.2. The molecular weight excluding hydrogens is 244 g/mol. The van der Waals surface area contributed by atoms with Crippen molar-refractivity contribution in [3.05, 3.63) is 35.4 Å². The Morgan fingerprint density at radius 1 is 1.05 bits per heavy atom. The lowest BCUT2D eigenvalue weighted by atomic mass is 9.63. The zero-order valence-corrected chi connectivity index (χ0v) is 14.0. The Bertz CT molecular complexity index is 464. The molecule has 1 heteroatoms. The summed E-state index contributed by atoms with van der Waals surface area (Å²) >= 11 is 0. The van der Waals surface area contributed by atoms with Crippen LogP contribution in [0.2, 0.25) is 0 Å². The topological polar surface area (TPSA) is 20.2 Å². The summed E-state index contributed by atoms with van der Waals surface area (Å²) in [6.07, 6.45) is 3.05. The van der Waals surface area contributed by atoms with E-state index in [2.05, 4.69) is 65.8 Å². The average molecular weight is 274 g/mol. The zero-order valence-electron chi connectivity index (χ0n) is 14.0. The highest BCUT2D eigenvalue weighted by Gasteiger charge is 2.43. The number of hydrogen-bond acceptors (Lipinski definition) is 1. The smallest absolute Gasteiger partial charge is 0.0922 e. The molecule has 1 aliphatic rings. The Labute approximate surface area is 124 Å². The minimum Gasteiger partial charge on any atom is -0.385 e. The highest BCUT2D eigenvalue weighted by molar-refractivity contribution is 5.31. The first-order valence-electron chi connectivity index (χ1n) is 7.88. The Kier molecular flexibility index (Phi) is 3.79. The Balaban J connectivity index is 2.27. The predicted molar refractivity (Wildman–Crippen MR) is 85.8 cm³/mol. The molecule has 1 aliphatic carbocycles. The summed E-state index contributed by atoms with van der Waals surface area (Å²) in [6, 6.07) is 8.63. The van der Waals surface area contributed by atoms with E-state index in [9.17, 15) is 5.11 Å². The lowest BCUT2D eigenvalue weighted by Crippen LogP contribution is -2.41. The van der Waals surface area contributed by atoms with Gasteiger partial charge in [0.2, 0.25) is 0 Å². The second kappa shape index (κ2) is 4.87. The van der Waals surface area contributed by atoms with Gasteiger partial charge in [0.25, 0.3) is 0 Å². The molecule has 1 saturated carbocycles. The molecule has 1 aromatic rings. The third-order valence-corrected chi connectivity index (χ3v) is 5.11. The van der Waals surface area contributed by atoms with Crippen LogP contribution in [0, 0.1) is 11.3 Å². The summed E-state index contributed by atoms with van der Waals surface area (Å²) in [7, 11) is 0. The lowest BCUT2D eigenvalue weighted by molar-refractivity contribution is -0.0769. The van der Waals surface area contributed by atoms with Crippen LogP contribution in [0.4, 0.5) is 0 Å². The molecule has 0 aliphatic heterocycles. The number of hydrogen-bond donors (Lipinski definition) is 1. The van der Waals surface area contributed by atoms with Crippen LogP contribution in [0.25, 0.3) is 0 Å². The van der Waals surface area contributed by atoms with Gasteiger partial charge in [-0.2, -0.15) is 0 Å². The van der Waals surface area contributed by atoms with Crippen LogP contribution >= 0.6 is 0 Å². The van der Waals surface area contributed by atoms with Gasteiger partial charge in [0.05, 0.1) is 5.60 Å². The van der Waals surface area contributed by atoms with Crippen molar-refractivity contribution in [2.24, 2.45) is 11.3 Å². The third-order valence-electron chi connectivity index (χ3n) is 5.11. The van der Waals surface area contributed by atoms with E-state index in [-0.39, 0.29) is 5.41 Å². The lowest BCUT2D eigenvalue weighted by Gasteiger charge is -2.45. The van der Waals surface area contributed by atoms with Crippen molar-refractivity contribution < 1.29 is 5.11 Å². The molecular formula is C19H30O. The van der Waals surface area contributed by atoms with Crippen molar-refractivity contribution in [2.75, 3.05) is 0 Å². The highest BCUT2D eigenvalue weighted by atomic mass is 16.3. The molecule has 2 rings (SSSR count). The van der Waals surface area contributed by atoms with Gasteiger partial charge in [-0.1, -0.05) is 65.8 Å². The molecule has 2 atom stereocenters. The van der Waals surface area contributed by atoms with Crippen LogP contribution in [0.3, 0.4) is 0 Å². The largest absolute Gasteiger partial charge is 0.385 e. The van der Waals surface area contributed by atoms with E-state index in [1.807, 2.05) is 0 Å². The van der Waals surface area contributed by atoms with Gasteiger partial charge >= 0.3 is 0 Å². The molecule has 0 bridgehead atoms. The van der Waals surface area contributed by atoms with Gasteiger partial charge in [-0.15, -0.1) is 0 Å². The molecule has 2 unspecified atom stereocenters. The molecule has 0 amide bonds. The fourth-order valence-electron chi connectivity index (χ4n) is 3.56. The molecule has 0 aromatic heterocycles.